The quantitative estimate of drug-likeness (QED) is 0.214. The molecule has 46 heavy (non-hydrogen) atoms. The summed E-state index contributed by atoms with van der Waals surface area (Å²) in [6, 6.07) is 8.67. The highest BCUT2D eigenvalue weighted by Gasteiger charge is 2.34. The van der Waals surface area contributed by atoms with E-state index in [1.165, 1.54) is 47.1 Å². The first-order valence-electron chi connectivity index (χ1n) is 13.9. The number of nitrogens with two attached hydrogens (primary N) is 1. The van der Waals surface area contributed by atoms with E-state index in [2.05, 4.69) is 25.6 Å². The maximum Gasteiger partial charge on any atom is 0.416 e. The first kappa shape index (κ1) is 32.5. The highest BCUT2D eigenvalue weighted by atomic mass is 19.4. The number of likely N-dealkylation sites (N-methyl/N-ethyl adjacent to an activating group) is 1. The van der Waals surface area contributed by atoms with Crippen molar-refractivity contribution >= 4 is 34.6 Å². The molecular weight excluding hydrogens is 620 g/mol. The molecule has 244 valence electrons. The molecule has 1 aliphatic heterocycles. The van der Waals surface area contributed by atoms with Crippen LogP contribution in [0.15, 0.2) is 55.0 Å². The summed E-state index contributed by atoms with van der Waals surface area (Å²) >= 11 is 0. The van der Waals surface area contributed by atoms with Crippen molar-refractivity contribution in [2.45, 2.75) is 18.9 Å². The molecule has 0 atom stereocenters. The molecule has 11 nitrogen and oxygen atoms in total. The molecule has 2 aromatic heterocycles. The predicted octanol–water partition coefficient (Wildman–Crippen LogP) is 4.68. The van der Waals surface area contributed by atoms with Crippen molar-refractivity contribution in [3.8, 4) is 11.1 Å². The summed E-state index contributed by atoms with van der Waals surface area (Å²) in [6.45, 7) is 1.37. The summed E-state index contributed by atoms with van der Waals surface area (Å²) in [5, 5.41) is 10.7. The highest BCUT2D eigenvalue weighted by Crippen LogP contribution is 2.35. The fourth-order valence-corrected chi connectivity index (χ4v) is 5.09. The molecule has 0 radical (unpaired) electrons. The van der Waals surface area contributed by atoms with Crippen molar-refractivity contribution in [1.82, 2.24) is 29.7 Å². The monoisotopic (exact) mass is 649 g/mol. The van der Waals surface area contributed by atoms with Gasteiger partial charge < -0.3 is 26.6 Å². The topological polar surface area (TPSA) is 133 Å². The maximum absolute atomic E-state index is 13.9. The number of urea groups is 1. The molecule has 4 aromatic rings. The molecule has 0 unspecified atom stereocenters. The molecule has 1 saturated heterocycles. The van der Waals surface area contributed by atoms with Gasteiger partial charge >= 0.3 is 18.4 Å². The van der Waals surface area contributed by atoms with Crippen molar-refractivity contribution in [3.05, 3.63) is 71.7 Å². The lowest BCUT2D eigenvalue weighted by Crippen LogP contribution is -2.44. The number of nitrogens with one attached hydrogen (secondary N) is 3. The average molecular weight is 650 g/mol. The maximum atomic E-state index is 13.9. The number of fused-ring (bicyclic) bond motifs is 1. The van der Waals surface area contributed by atoms with Gasteiger partial charge in [0.2, 0.25) is 0 Å². The van der Waals surface area contributed by atoms with E-state index in [9.17, 15) is 35.9 Å². The van der Waals surface area contributed by atoms with Crippen LogP contribution in [0, 0.1) is 0 Å². The van der Waals surface area contributed by atoms with Gasteiger partial charge in [0.1, 0.15) is 18.4 Å². The number of hydrogen-bond donors (Lipinski definition) is 4. The number of benzene rings is 2. The third-order valence-corrected chi connectivity index (χ3v) is 7.39. The Morgan fingerprint density at radius 3 is 2.24 bits per heavy atom. The zero-order chi connectivity index (χ0) is 33.2. The molecule has 0 saturated carbocycles. The molecule has 0 aliphatic carbocycles. The van der Waals surface area contributed by atoms with Crippen LogP contribution in [0.3, 0.4) is 0 Å². The number of alkyl halides is 6. The average Bonchev–Trinajstić information content (AvgIpc) is 3.38. The number of carbonyl (C=O) groups excluding carboxylic acids is 2. The van der Waals surface area contributed by atoms with E-state index < -0.39 is 36.4 Å². The summed E-state index contributed by atoms with van der Waals surface area (Å²) in [4.78, 5) is 33.4. The Balaban J connectivity index is 1.32. The predicted molar refractivity (Wildman–Crippen MR) is 158 cm³/mol. The summed E-state index contributed by atoms with van der Waals surface area (Å²) in [6.07, 6.45) is -6.93. The smallest absolute Gasteiger partial charge is 0.382 e. The van der Waals surface area contributed by atoms with Gasteiger partial charge in [0.15, 0.2) is 5.82 Å². The van der Waals surface area contributed by atoms with E-state index in [0.717, 1.165) is 25.5 Å². The molecule has 3 amide bonds. The normalized spacial score (nSPS) is 14.8. The minimum absolute atomic E-state index is 0.0331. The van der Waals surface area contributed by atoms with Gasteiger partial charge in [-0.25, -0.2) is 14.3 Å². The van der Waals surface area contributed by atoms with Crippen LogP contribution < -0.4 is 21.7 Å². The lowest BCUT2D eigenvalue weighted by atomic mass is 10.0. The number of nitrogen functional groups attached to an aromatic ring is 1. The largest absolute Gasteiger partial charge is 0.416 e. The number of rotatable bonds is 7. The lowest BCUT2D eigenvalue weighted by Gasteiger charge is -2.33. The second-order valence-corrected chi connectivity index (χ2v) is 10.8. The Labute approximate surface area is 258 Å². The van der Waals surface area contributed by atoms with Gasteiger partial charge in [-0.2, -0.15) is 31.4 Å². The Hall–Kier alpha value is -4.90. The number of piperazine rings is 1. The van der Waals surface area contributed by atoms with Gasteiger partial charge in [-0.1, -0.05) is 18.2 Å². The molecule has 3 heterocycles. The first-order chi connectivity index (χ1) is 21.7. The van der Waals surface area contributed by atoms with Crippen LogP contribution in [0.4, 0.5) is 48.3 Å². The standard InChI is InChI=1S/C29H29F6N9O2/c1-42-8-10-43(11-9-42)13-18-4-7-20(12-22(18)29(33,34)35)41-27(46)40-19-5-2-17(3-6-19)23-21(26(45)37-15-28(30,31)32)14-44-24(23)25(36)38-16-39-44/h2-7,12,14,16H,8-11,13,15H2,1H3,(H,37,45)(H2,36,38,39)(H2,40,41,46). The molecular formula is C29H29F6N9O2. The van der Waals surface area contributed by atoms with Crippen LogP contribution >= 0.6 is 0 Å². The van der Waals surface area contributed by atoms with Crippen molar-refractivity contribution in [2.24, 2.45) is 0 Å². The van der Waals surface area contributed by atoms with Crippen LogP contribution in [-0.4, -0.2) is 82.3 Å². The van der Waals surface area contributed by atoms with Crippen LogP contribution in [0.25, 0.3) is 16.6 Å². The van der Waals surface area contributed by atoms with Gasteiger partial charge in [-0.3, -0.25) is 9.69 Å². The van der Waals surface area contributed by atoms with E-state index in [1.807, 2.05) is 17.3 Å². The molecule has 5 rings (SSSR count). The van der Waals surface area contributed by atoms with E-state index in [-0.39, 0.29) is 45.9 Å². The van der Waals surface area contributed by atoms with Gasteiger partial charge in [-0.15, -0.1) is 0 Å². The third-order valence-electron chi connectivity index (χ3n) is 7.39. The zero-order valence-corrected chi connectivity index (χ0v) is 24.3. The summed E-state index contributed by atoms with van der Waals surface area (Å²) in [7, 11) is 1.95. The van der Waals surface area contributed by atoms with E-state index in [4.69, 9.17) is 5.73 Å². The number of amides is 3. The van der Waals surface area contributed by atoms with Crippen molar-refractivity contribution in [1.29, 1.82) is 0 Å². The van der Waals surface area contributed by atoms with Crippen molar-refractivity contribution in [2.75, 3.05) is 56.1 Å². The summed E-state index contributed by atoms with van der Waals surface area (Å²) < 4.78 is 81.2. The summed E-state index contributed by atoms with van der Waals surface area (Å²) in [5.74, 6) is -1.05. The van der Waals surface area contributed by atoms with Gasteiger partial charge in [0.05, 0.1) is 11.1 Å². The van der Waals surface area contributed by atoms with Crippen LogP contribution in [0.5, 0.6) is 0 Å². The molecule has 0 spiro atoms. The van der Waals surface area contributed by atoms with Crippen molar-refractivity contribution < 1.29 is 35.9 Å². The van der Waals surface area contributed by atoms with E-state index >= 15 is 0 Å². The van der Waals surface area contributed by atoms with Crippen LogP contribution in [-0.2, 0) is 12.7 Å². The number of hydrogen-bond acceptors (Lipinski definition) is 7. The molecule has 1 fully saturated rings. The number of halogens is 6. The second kappa shape index (κ2) is 12.8. The van der Waals surface area contributed by atoms with Gasteiger partial charge in [0, 0.05) is 55.9 Å². The Bertz CT molecular complexity index is 1730. The minimum Gasteiger partial charge on any atom is -0.382 e. The number of carbonyl (C=O) groups is 2. The van der Waals surface area contributed by atoms with Gasteiger partial charge in [-0.05, 0) is 42.4 Å². The van der Waals surface area contributed by atoms with Crippen molar-refractivity contribution in [3.63, 3.8) is 0 Å². The van der Waals surface area contributed by atoms with E-state index in [0.29, 0.717) is 18.7 Å². The Kier molecular flexibility index (Phi) is 9.07. The molecule has 0 bridgehead atoms. The number of anilines is 3. The SMILES string of the molecule is CN1CCN(Cc2ccc(NC(=O)Nc3ccc(-c4c(C(=O)NCC(F)(F)F)cn5ncnc(N)c45)cc3)cc2C(F)(F)F)CC1. The zero-order valence-electron chi connectivity index (χ0n) is 24.3. The lowest BCUT2D eigenvalue weighted by molar-refractivity contribution is -0.138. The fourth-order valence-electron chi connectivity index (χ4n) is 5.09. The molecule has 2 aromatic carbocycles. The molecule has 1 aliphatic rings. The van der Waals surface area contributed by atoms with Crippen LogP contribution in [0.2, 0.25) is 0 Å². The number of nitrogens with zero attached hydrogens (tertiary/aromatic N) is 5. The van der Waals surface area contributed by atoms with Crippen LogP contribution in [0.1, 0.15) is 21.5 Å². The number of aromatic nitrogens is 3. The Morgan fingerprint density at radius 2 is 1.59 bits per heavy atom. The Morgan fingerprint density at radius 1 is 0.935 bits per heavy atom. The second-order valence-electron chi connectivity index (χ2n) is 10.8. The van der Waals surface area contributed by atoms with E-state index in [1.54, 1.807) is 0 Å². The first-order valence-corrected chi connectivity index (χ1v) is 13.9. The summed E-state index contributed by atoms with van der Waals surface area (Å²) in [5.41, 5.74) is 5.97. The highest BCUT2D eigenvalue weighted by molar-refractivity contribution is 6.07. The van der Waals surface area contributed by atoms with Gasteiger partial charge in [0.25, 0.3) is 5.91 Å². The third kappa shape index (κ3) is 7.66. The molecule has 17 heteroatoms. The molecule has 5 N–H and O–H groups in total. The fraction of sp³-hybridized carbons (Fsp3) is 0.310. The minimum atomic E-state index is -4.64.